The standard InChI is InChI=1S/C16H14F3N3O3S/c1-7-3-5-9(6-4-7)10(23)11-12(16(17,18)19)21-15(26-11)22-14(25)8(2)13(20)24/h3-6,8H,1-2H3,(H2,20,24)(H,21,22,25). The number of nitrogens with zero attached hydrogens (tertiary/aromatic N) is 1. The number of halogens is 3. The van der Waals surface area contributed by atoms with Gasteiger partial charge in [0.25, 0.3) is 0 Å². The molecular weight excluding hydrogens is 371 g/mol. The molecule has 0 bridgehead atoms. The maximum absolute atomic E-state index is 13.2. The molecule has 138 valence electrons. The Balaban J connectivity index is 2.40. The number of nitrogens with one attached hydrogen (secondary N) is 1. The normalized spacial score (nSPS) is 12.5. The van der Waals surface area contributed by atoms with Crippen LogP contribution in [0, 0.1) is 12.8 Å². The van der Waals surface area contributed by atoms with E-state index < -0.39 is 45.4 Å². The zero-order chi connectivity index (χ0) is 19.6. The van der Waals surface area contributed by atoms with Crippen molar-refractivity contribution in [1.82, 2.24) is 4.98 Å². The van der Waals surface area contributed by atoms with Crippen LogP contribution in [-0.2, 0) is 15.8 Å². The van der Waals surface area contributed by atoms with Gasteiger partial charge in [0.05, 0.1) is 0 Å². The summed E-state index contributed by atoms with van der Waals surface area (Å²) in [7, 11) is 0. The summed E-state index contributed by atoms with van der Waals surface area (Å²) in [6.45, 7) is 2.98. The highest BCUT2D eigenvalue weighted by atomic mass is 32.1. The summed E-state index contributed by atoms with van der Waals surface area (Å²) in [4.78, 5) is 37.9. The second kappa shape index (κ2) is 7.24. The Morgan fingerprint density at radius 3 is 2.27 bits per heavy atom. The number of alkyl halides is 3. The Labute approximate surface area is 150 Å². The molecule has 10 heteroatoms. The van der Waals surface area contributed by atoms with E-state index in [1.54, 1.807) is 19.1 Å². The van der Waals surface area contributed by atoms with Gasteiger partial charge in [-0.2, -0.15) is 13.2 Å². The van der Waals surface area contributed by atoms with Crippen LogP contribution in [0.15, 0.2) is 24.3 Å². The predicted octanol–water partition coefficient (Wildman–Crippen LogP) is 2.76. The highest BCUT2D eigenvalue weighted by molar-refractivity contribution is 7.18. The number of amides is 2. The van der Waals surface area contributed by atoms with Gasteiger partial charge in [0.2, 0.25) is 17.6 Å². The van der Waals surface area contributed by atoms with Crippen molar-refractivity contribution in [3.8, 4) is 0 Å². The molecule has 6 nitrogen and oxygen atoms in total. The van der Waals surface area contributed by atoms with Crippen LogP contribution in [0.3, 0.4) is 0 Å². The first kappa shape index (κ1) is 19.6. The Hall–Kier alpha value is -2.75. The number of thiazole rings is 1. The lowest BCUT2D eigenvalue weighted by atomic mass is 10.1. The van der Waals surface area contributed by atoms with E-state index >= 15 is 0 Å². The van der Waals surface area contributed by atoms with Gasteiger partial charge in [0.15, 0.2) is 10.8 Å². The van der Waals surface area contributed by atoms with Gasteiger partial charge in [-0.1, -0.05) is 41.2 Å². The number of anilines is 1. The van der Waals surface area contributed by atoms with Gasteiger partial charge in [-0.15, -0.1) is 0 Å². The molecule has 0 aliphatic heterocycles. The van der Waals surface area contributed by atoms with Crippen LogP contribution in [0.5, 0.6) is 0 Å². The van der Waals surface area contributed by atoms with Gasteiger partial charge in [-0.3, -0.25) is 14.4 Å². The summed E-state index contributed by atoms with van der Waals surface area (Å²) in [6, 6.07) is 6.01. The Kier molecular flexibility index (Phi) is 5.45. The molecule has 0 radical (unpaired) electrons. The second-order valence-electron chi connectivity index (χ2n) is 5.50. The lowest BCUT2D eigenvalue weighted by Gasteiger charge is -2.06. The van der Waals surface area contributed by atoms with Crippen LogP contribution in [0.1, 0.15) is 33.4 Å². The fourth-order valence-electron chi connectivity index (χ4n) is 1.90. The largest absolute Gasteiger partial charge is 0.435 e. The van der Waals surface area contributed by atoms with Crippen molar-refractivity contribution in [2.75, 3.05) is 5.32 Å². The first-order valence-corrected chi connectivity index (χ1v) is 8.12. The van der Waals surface area contributed by atoms with Crippen molar-refractivity contribution in [3.05, 3.63) is 46.0 Å². The van der Waals surface area contributed by atoms with Gasteiger partial charge >= 0.3 is 6.18 Å². The number of aromatic nitrogens is 1. The molecule has 2 aromatic rings. The van der Waals surface area contributed by atoms with E-state index in [1.165, 1.54) is 19.1 Å². The van der Waals surface area contributed by atoms with E-state index in [-0.39, 0.29) is 5.56 Å². The maximum Gasteiger partial charge on any atom is 0.435 e. The first-order valence-electron chi connectivity index (χ1n) is 7.30. The molecule has 0 aliphatic rings. The monoisotopic (exact) mass is 385 g/mol. The maximum atomic E-state index is 13.2. The van der Waals surface area contributed by atoms with Crippen molar-refractivity contribution in [1.29, 1.82) is 0 Å². The van der Waals surface area contributed by atoms with Gasteiger partial charge in [0.1, 0.15) is 10.8 Å². The number of hydrogen-bond acceptors (Lipinski definition) is 5. The zero-order valence-corrected chi connectivity index (χ0v) is 14.5. The van der Waals surface area contributed by atoms with Crippen LogP contribution in [0.25, 0.3) is 0 Å². The molecule has 2 rings (SSSR count). The molecule has 2 amide bonds. The van der Waals surface area contributed by atoms with Crippen LogP contribution < -0.4 is 11.1 Å². The Morgan fingerprint density at radius 1 is 1.19 bits per heavy atom. The van der Waals surface area contributed by atoms with E-state index in [1.807, 2.05) is 0 Å². The third-order valence-electron chi connectivity index (χ3n) is 3.47. The average Bonchev–Trinajstić information content (AvgIpc) is 2.98. The van der Waals surface area contributed by atoms with Crippen molar-refractivity contribution < 1.29 is 27.6 Å². The molecule has 1 heterocycles. The SMILES string of the molecule is Cc1ccc(C(=O)c2sc(NC(=O)C(C)C(N)=O)nc2C(F)(F)F)cc1. The van der Waals surface area contributed by atoms with Crippen LogP contribution in [0.4, 0.5) is 18.3 Å². The topological polar surface area (TPSA) is 102 Å². The number of rotatable bonds is 5. The molecule has 26 heavy (non-hydrogen) atoms. The van der Waals surface area contributed by atoms with Gasteiger partial charge in [0, 0.05) is 5.56 Å². The van der Waals surface area contributed by atoms with E-state index in [9.17, 15) is 27.6 Å². The molecule has 0 saturated carbocycles. The van der Waals surface area contributed by atoms with E-state index in [0.29, 0.717) is 11.3 Å². The molecule has 0 aliphatic carbocycles. The number of nitrogens with two attached hydrogens (primary N) is 1. The average molecular weight is 385 g/mol. The summed E-state index contributed by atoms with van der Waals surface area (Å²) >= 11 is 0.386. The third-order valence-corrected chi connectivity index (χ3v) is 4.44. The van der Waals surface area contributed by atoms with E-state index in [2.05, 4.69) is 10.3 Å². The van der Waals surface area contributed by atoms with Gasteiger partial charge in [-0.25, -0.2) is 4.98 Å². The van der Waals surface area contributed by atoms with Crippen molar-refractivity contribution in [2.45, 2.75) is 20.0 Å². The molecule has 1 atom stereocenters. The van der Waals surface area contributed by atoms with Gasteiger partial charge < -0.3 is 11.1 Å². The summed E-state index contributed by atoms with van der Waals surface area (Å²) in [5.41, 5.74) is 4.49. The third kappa shape index (κ3) is 4.26. The fraction of sp³-hybridized carbons (Fsp3) is 0.250. The fourth-order valence-corrected chi connectivity index (χ4v) is 2.85. The Bertz CT molecular complexity index is 860. The first-order chi connectivity index (χ1) is 12.0. The summed E-state index contributed by atoms with van der Waals surface area (Å²) in [5, 5.41) is 1.65. The summed E-state index contributed by atoms with van der Waals surface area (Å²) < 4.78 is 39.7. The lowest BCUT2D eigenvalue weighted by molar-refractivity contribution is -0.141. The summed E-state index contributed by atoms with van der Waals surface area (Å²) in [6.07, 6.45) is -4.88. The van der Waals surface area contributed by atoms with Crippen LogP contribution in [0.2, 0.25) is 0 Å². The Morgan fingerprint density at radius 2 is 1.77 bits per heavy atom. The van der Waals surface area contributed by atoms with E-state index in [0.717, 1.165) is 5.56 Å². The van der Waals surface area contributed by atoms with Crippen molar-refractivity contribution in [2.24, 2.45) is 11.7 Å². The number of carbonyl (C=O) groups excluding carboxylic acids is 3. The minimum atomic E-state index is -4.88. The second-order valence-corrected chi connectivity index (χ2v) is 6.50. The summed E-state index contributed by atoms with van der Waals surface area (Å²) in [5.74, 6) is -3.97. The smallest absolute Gasteiger partial charge is 0.369 e. The number of carbonyl (C=O) groups is 3. The number of hydrogen-bond donors (Lipinski definition) is 2. The zero-order valence-electron chi connectivity index (χ0n) is 13.7. The van der Waals surface area contributed by atoms with Crippen molar-refractivity contribution in [3.63, 3.8) is 0 Å². The molecule has 1 unspecified atom stereocenters. The van der Waals surface area contributed by atoms with Gasteiger partial charge in [-0.05, 0) is 13.8 Å². The number of aryl methyl sites for hydroxylation is 1. The van der Waals surface area contributed by atoms with Crippen molar-refractivity contribution >= 4 is 34.1 Å². The quantitative estimate of drug-likeness (QED) is 0.610. The van der Waals surface area contributed by atoms with Crippen LogP contribution >= 0.6 is 11.3 Å². The minimum Gasteiger partial charge on any atom is -0.369 e. The predicted molar refractivity (Wildman–Crippen MR) is 88.7 cm³/mol. The molecule has 0 spiro atoms. The molecule has 0 fully saturated rings. The van der Waals surface area contributed by atoms with Crippen LogP contribution in [-0.4, -0.2) is 22.6 Å². The minimum absolute atomic E-state index is 0.0631. The molecular formula is C16H14F3N3O3S. The molecule has 3 N–H and O–H groups in total. The number of primary amides is 1. The highest BCUT2D eigenvalue weighted by Gasteiger charge is 2.40. The number of benzene rings is 1. The molecule has 1 aromatic carbocycles. The molecule has 0 saturated heterocycles. The highest BCUT2D eigenvalue weighted by Crippen LogP contribution is 2.37. The lowest BCUT2D eigenvalue weighted by Crippen LogP contribution is -2.32. The number of ketones is 1. The molecule has 1 aromatic heterocycles. The van der Waals surface area contributed by atoms with E-state index in [4.69, 9.17) is 5.73 Å².